The number of amides is 4. The zero-order valence-electron chi connectivity index (χ0n) is 16.1. The van der Waals surface area contributed by atoms with Gasteiger partial charge in [-0.05, 0) is 12.8 Å². The molecular weight excluding hydrogens is 460 g/mol. The molecule has 2 heterocycles. The number of hydroxylamine groups is 4. The van der Waals surface area contributed by atoms with Crippen molar-refractivity contribution in [1.29, 1.82) is 0 Å². The molecule has 0 saturated carbocycles. The second-order valence-electron chi connectivity index (χ2n) is 6.66. The van der Waals surface area contributed by atoms with E-state index in [1.54, 1.807) is 0 Å². The molecule has 2 saturated heterocycles. The van der Waals surface area contributed by atoms with Gasteiger partial charge in [0, 0.05) is 24.9 Å². The Kier molecular flexibility index (Phi) is 9.09. The molecule has 3 unspecified atom stereocenters. The van der Waals surface area contributed by atoms with Gasteiger partial charge in [-0.25, -0.2) is 13.8 Å². The molecule has 2 aliphatic rings. The van der Waals surface area contributed by atoms with Crippen LogP contribution in [0, 0.1) is 0 Å². The lowest BCUT2D eigenvalue weighted by Gasteiger charge is -2.13. The Hall–Kier alpha value is -2.36. The molecule has 2 rings (SSSR count). The maximum atomic E-state index is 11.7. The second kappa shape index (κ2) is 11.3. The van der Waals surface area contributed by atoms with Crippen molar-refractivity contribution in [2.45, 2.75) is 61.9 Å². The Bertz CT molecular complexity index is 802. The predicted octanol–water partition coefficient (Wildman–Crippen LogP) is -0.0737. The van der Waals surface area contributed by atoms with Crippen molar-refractivity contribution in [3.63, 3.8) is 0 Å². The lowest BCUT2D eigenvalue weighted by Crippen LogP contribution is -2.35. The summed E-state index contributed by atoms with van der Waals surface area (Å²) in [4.78, 5) is 79.5. The van der Waals surface area contributed by atoms with Crippen molar-refractivity contribution < 1.29 is 51.8 Å². The van der Waals surface area contributed by atoms with Crippen LogP contribution in [0.5, 0.6) is 0 Å². The molecule has 0 aromatic rings. The molecule has 2 N–H and O–H groups in total. The third-order valence-corrected chi connectivity index (χ3v) is 5.87. The Balaban J connectivity index is 1.59. The molecule has 4 amide bonds. The Morgan fingerprint density at radius 3 is 1.81 bits per heavy atom. The van der Waals surface area contributed by atoms with Gasteiger partial charge in [-0.2, -0.15) is 0 Å². The molecule has 2 fully saturated rings. The number of hydrogen-bond acceptors (Lipinski definition) is 11. The van der Waals surface area contributed by atoms with Crippen LogP contribution in [0.4, 0.5) is 0 Å². The van der Waals surface area contributed by atoms with Crippen molar-refractivity contribution in [2.24, 2.45) is 0 Å². The summed E-state index contributed by atoms with van der Waals surface area (Å²) < 4.78 is 28.8. The highest BCUT2D eigenvalue weighted by Crippen LogP contribution is 2.23. The lowest BCUT2D eigenvalue weighted by atomic mass is 10.1. The molecule has 31 heavy (non-hydrogen) atoms. The van der Waals surface area contributed by atoms with E-state index in [4.69, 9.17) is 13.9 Å². The van der Waals surface area contributed by atoms with E-state index in [2.05, 4.69) is 4.84 Å². The highest BCUT2D eigenvalue weighted by Gasteiger charge is 2.45. The van der Waals surface area contributed by atoms with E-state index in [0.29, 0.717) is 30.7 Å². The van der Waals surface area contributed by atoms with Gasteiger partial charge in [0.15, 0.2) is 16.3 Å². The summed E-state index contributed by atoms with van der Waals surface area (Å²) in [5.41, 5.74) is 0. The van der Waals surface area contributed by atoms with Gasteiger partial charge in [0.1, 0.15) is 5.25 Å². The minimum Gasteiger partial charge on any atom is -0.330 e. The number of rotatable bonds is 11. The van der Waals surface area contributed by atoms with Gasteiger partial charge in [-0.15, -0.1) is 10.1 Å². The van der Waals surface area contributed by atoms with Crippen LogP contribution in [-0.4, -0.2) is 69.5 Å². The number of hydrogen-bond donors (Lipinski definition) is 2. The van der Waals surface area contributed by atoms with Crippen molar-refractivity contribution in [1.82, 2.24) is 10.1 Å². The molecule has 0 spiro atoms. The molecule has 2 aliphatic heterocycles. The van der Waals surface area contributed by atoms with E-state index in [-0.39, 0.29) is 36.4 Å². The zero-order chi connectivity index (χ0) is 23.1. The van der Waals surface area contributed by atoms with E-state index in [1.165, 1.54) is 0 Å². The quantitative estimate of drug-likeness (QED) is 0.174. The maximum absolute atomic E-state index is 11.7. The minimum absolute atomic E-state index is 0.0745. The van der Waals surface area contributed by atoms with Crippen molar-refractivity contribution >= 4 is 58.7 Å². The number of unbranched alkanes of at least 4 members (excludes halogenated alkanes) is 3. The number of imide groups is 2. The Labute approximate surface area is 182 Å². The summed E-state index contributed by atoms with van der Waals surface area (Å²) in [6.07, 6.45) is 0.731. The van der Waals surface area contributed by atoms with Gasteiger partial charge in [0.2, 0.25) is 0 Å². The fraction of sp³-hybridized carbons (Fsp3) is 0.625. The van der Waals surface area contributed by atoms with Gasteiger partial charge < -0.3 is 18.8 Å². The monoisotopic (exact) mass is 480 g/mol. The Morgan fingerprint density at radius 2 is 1.39 bits per heavy atom. The molecule has 172 valence electrons. The predicted molar refractivity (Wildman–Crippen MR) is 101 cm³/mol. The maximum Gasteiger partial charge on any atom is 0.333 e. The van der Waals surface area contributed by atoms with Crippen LogP contribution in [0.1, 0.15) is 51.4 Å². The molecule has 0 aromatic heterocycles. The van der Waals surface area contributed by atoms with E-state index in [0.717, 1.165) is 0 Å². The smallest absolute Gasteiger partial charge is 0.330 e. The highest BCUT2D eigenvalue weighted by atomic mass is 32.2. The highest BCUT2D eigenvalue weighted by molar-refractivity contribution is 7.95. The number of carbonyl (C=O) groups excluding carboxylic acids is 6. The van der Waals surface area contributed by atoms with E-state index >= 15 is 0 Å². The minimum atomic E-state index is -2.54. The Morgan fingerprint density at radius 1 is 0.903 bits per heavy atom. The van der Waals surface area contributed by atoms with Gasteiger partial charge in [0.05, 0.1) is 12.8 Å². The van der Waals surface area contributed by atoms with Crippen LogP contribution in [0.25, 0.3) is 0 Å². The van der Waals surface area contributed by atoms with E-state index in [9.17, 15) is 33.0 Å². The third-order valence-electron chi connectivity index (χ3n) is 4.39. The first kappa shape index (κ1) is 24.9. The molecule has 0 aliphatic carbocycles. The van der Waals surface area contributed by atoms with Crippen molar-refractivity contribution in [2.75, 3.05) is 0 Å². The summed E-state index contributed by atoms with van der Waals surface area (Å²) in [7, 11) is 0. The molecule has 13 nitrogen and oxygen atoms in total. The summed E-state index contributed by atoms with van der Waals surface area (Å²) >= 11 is -2.33. The standard InChI is InChI=1S/C16H20N2O11S2/c19-11-7-9(30-25)15(23)17(11)28-13(21)5-3-1-2-4-6-14(22)29-18-12(20)8-10(16(18)24)31(26)27/h9-10,25H,1-8H2,(H,26,27). The number of carbonyl (C=O) groups is 6. The van der Waals surface area contributed by atoms with Crippen LogP contribution in [-0.2, 0) is 49.5 Å². The van der Waals surface area contributed by atoms with Gasteiger partial charge >= 0.3 is 11.9 Å². The average molecular weight is 480 g/mol. The summed E-state index contributed by atoms with van der Waals surface area (Å²) in [6.45, 7) is 0. The summed E-state index contributed by atoms with van der Waals surface area (Å²) in [6, 6.07) is 0. The molecular formula is C16H20N2O11S2. The largest absolute Gasteiger partial charge is 0.333 e. The molecule has 15 heteroatoms. The lowest BCUT2D eigenvalue weighted by molar-refractivity contribution is -0.197. The first-order valence-corrected chi connectivity index (χ1v) is 11.2. The van der Waals surface area contributed by atoms with Gasteiger partial charge in [0.25, 0.3) is 23.6 Å². The topological polar surface area (TPSA) is 185 Å². The van der Waals surface area contributed by atoms with Crippen LogP contribution in [0.3, 0.4) is 0 Å². The average Bonchev–Trinajstić information content (AvgIpc) is 3.15. The summed E-state index contributed by atoms with van der Waals surface area (Å²) in [5.74, 6) is -5.06. The first-order chi connectivity index (χ1) is 14.6. The molecule has 0 bridgehead atoms. The van der Waals surface area contributed by atoms with Gasteiger partial charge in [-0.1, -0.05) is 12.8 Å². The van der Waals surface area contributed by atoms with E-state index < -0.39 is 63.6 Å². The fourth-order valence-electron chi connectivity index (χ4n) is 2.78. The van der Waals surface area contributed by atoms with Crippen molar-refractivity contribution in [3.05, 3.63) is 0 Å². The second-order valence-corrected chi connectivity index (χ2v) is 8.56. The molecule has 3 atom stereocenters. The normalized spacial score (nSPS) is 22.3. The van der Waals surface area contributed by atoms with Crippen LogP contribution < -0.4 is 0 Å². The van der Waals surface area contributed by atoms with E-state index in [1.807, 2.05) is 0 Å². The van der Waals surface area contributed by atoms with Crippen LogP contribution in [0.15, 0.2) is 0 Å². The number of nitrogens with zero attached hydrogens (tertiary/aromatic N) is 2. The third kappa shape index (κ3) is 6.56. The fourth-order valence-corrected chi connectivity index (χ4v) is 3.74. The first-order valence-electron chi connectivity index (χ1n) is 9.20. The summed E-state index contributed by atoms with van der Waals surface area (Å²) in [5, 5.41) is -1.87. The van der Waals surface area contributed by atoms with Crippen LogP contribution >= 0.6 is 12.0 Å². The molecule has 0 aromatic carbocycles. The SMILES string of the molecule is O=C(CCCCCCC(=O)ON1C(=O)CC(S(=O)O)C1=O)ON1C(=O)CC(SO)C1=O. The van der Waals surface area contributed by atoms with Gasteiger partial charge in [-0.3, -0.25) is 19.2 Å². The molecule has 0 radical (unpaired) electrons. The van der Waals surface area contributed by atoms with Crippen molar-refractivity contribution in [3.8, 4) is 0 Å². The van der Waals surface area contributed by atoms with Crippen LogP contribution in [0.2, 0.25) is 0 Å². The zero-order valence-corrected chi connectivity index (χ0v) is 17.7.